The molecule has 3 atom stereocenters. The van der Waals surface area contributed by atoms with E-state index in [2.05, 4.69) is 30.9 Å². The standard InChI is InChI=1S/C15H23N3O2/c1-14(2)11-4-6-15(14,3)12(8-11)20-13(19)5-7-18-10-16-9-17-18/h9-12H,4-8H2,1-3H3. The van der Waals surface area contributed by atoms with Crippen LogP contribution in [-0.2, 0) is 16.1 Å². The van der Waals surface area contributed by atoms with Gasteiger partial charge in [0.25, 0.3) is 0 Å². The van der Waals surface area contributed by atoms with Gasteiger partial charge in [-0.2, -0.15) is 5.10 Å². The fourth-order valence-corrected chi connectivity index (χ4v) is 4.08. The summed E-state index contributed by atoms with van der Waals surface area (Å²) < 4.78 is 7.44. The normalized spacial score (nSPS) is 34.4. The first-order chi connectivity index (χ1) is 9.43. The maximum Gasteiger partial charge on any atom is 0.307 e. The lowest BCUT2D eigenvalue weighted by atomic mass is 9.70. The Hall–Kier alpha value is -1.39. The van der Waals surface area contributed by atoms with Crippen LogP contribution in [0, 0.1) is 16.7 Å². The second-order valence-electron chi connectivity index (χ2n) is 7.00. The topological polar surface area (TPSA) is 57.0 Å². The van der Waals surface area contributed by atoms with E-state index in [0.717, 1.165) is 6.42 Å². The van der Waals surface area contributed by atoms with Crippen LogP contribution < -0.4 is 0 Å². The second-order valence-corrected chi connectivity index (χ2v) is 7.00. The summed E-state index contributed by atoms with van der Waals surface area (Å²) in [5, 5.41) is 3.99. The van der Waals surface area contributed by atoms with E-state index in [1.54, 1.807) is 11.0 Å². The van der Waals surface area contributed by atoms with Crippen molar-refractivity contribution in [3.05, 3.63) is 12.7 Å². The monoisotopic (exact) mass is 277 g/mol. The van der Waals surface area contributed by atoms with Crippen molar-refractivity contribution in [2.45, 2.75) is 59.1 Å². The molecule has 2 aliphatic carbocycles. The first-order valence-electron chi connectivity index (χ1n) is 7.45. The van der Waals surface area contributed by atoms with Crippen molar-refractivity contribution in [3.63, 3.8) is 0 Å². The summed E-state index contributed by atoms with van der Waals surface area (Å²) >= 11 is 0. The molecule has 2 aliphatic rings. The zero-order valence-electron chi connectivity index (χ0n) is 12.5. The fourth-order valence-electron chi connectivity index (χ4n) is 4.08. The van der Waals surface area contributed by atoms with Crippen molar-refractivity contribution in [1.29, 1.82) is 0 Å². The molecule has 0 aromatic carbocycles. The Kier molecular flexibility index (Phi) is 3.10. The number of rotatable bonds is 4. The van der Waals surface area contributed by atoms with E-state index in [9.17, 15) is 4.79 Å². The highest BCUT2D eigenvalue weighted by atomic mass is 16.5. The molecule has 110 valence electrons. The van der Waals surface area contributed by atoms with Crippen LogP contribution in [0.3, 0.4) is 0 Å². The quantitative estimate of drug-likeness (QED) is 0.793. The van der Waals surface area contributed by atoms with Crippen molar-refractivity contribution < 1.29 is 9.53 Å². The molecule has 0 saturated heterocycles. The van der Waals surface area contributed by atoms with Crippen LogP contribution in [0.15, 0.2) is 12.7 Å². The number of esters is 1. The van der Waals surface area contributed by atoms with Gasteiger partial charge in [0, 0.05) is 5.41 Å². The van der Waals surface area contributed by atoms with E-state index in [4.69, 9.17) is 4.74 Å². The second kappa shape index (κ2) is 4.57. The van der Waals surface area contributed by atoms with Gasteiger partial charge in [-0.25, -0.2) is 4.98 Å². The Morgan fingerprint density at radius 2 is 2.25 bits per heavy atom. The Bertz CT molecular complexity index is 497. The van der Waals surface area contributed by atoms with Crippen LogP contribution in [0.2, 0.25) is 0 Å². The Balaban J connectivity index is 1.58. The minimum absolute atomic E-state index is 0.0829. The van der Waals surface area contributed by atoms with Crippen molar-refractivity contribution in [2.75, 3.05) is 0 Å². The molecule has 1 heterocycles. The maximum absolute atomic E-state index is 12.0. The molecule has 2 fully saturated rings. The zero-order chi connectivity index (χ0) is 14.4. The molecule has 1 aromatic heterocycles. The molecular weight excluding hydrogens is 254 g/mol. The largest absolute Gasteiger partial charge is 0.462 e. The summed E-state index contributed by atoms with van der Waals surface area (Å²) in [5.74, 6) is 0.579. The molecule has 0 N–H and O–H groups in total. The van der Waals surface area contributed by atoms with Gasteiger partial charge in [-0.1, -0.05) is 20.8 Å². The minimum atomic E-state index is -0.116. The molecule has 1 aromatic rings. The predicted octanol–water partition coefficient (Wildman–Crippen LogP) is 2.43. The van der Waals surface area contributed by atoms with E-state index >= 15 is 0 Å². The molecule has 0 amide bonds. The molecule has 5 heteroatoms. The number of hydrogen-bond donors (Lipinski definition) is 0. The average molecular weight is 277 g/mol. The highest BCUT2D eigenvalue weighted by Crippen LogP contribution is 2.66. The third-order valence-electron chi connectivity index (χ3n) is 6.00. The highest BCUT2D eigenvalue weighted by molar-refractivity contribution is 5.69. The third-order valence-corrected chi connectivity index (χ3v) is 6.00. The van der Waals surface area contributed by atoms with Crippen LogP contribution in [0.25, 0.3) is 0 Å². The smallest absolute Gasteiger partial charge is 0.307 e. The number of aromatic nitrogens is 3. The number of hydrogen-bond acceptors (Lipinski definition) is 4. The lowest BCUT2D eigenvalue weighted by Crippen LogP contribution is -2.38. The van der Waals surface area contributed by atoms with Gasteiger partial charge in [-0.3, -0.25) is 9.48 Å². The molecule has 3 unspecified atom stereocenters. The van der Waals surface area contributed by atoms with Crippen LogP contribution in [0.1, 0.15) is 46.5 Å². The molecule has 20 heavy (non-hydrogen) atoms. The Labute approximate surface area is 119 Å². The molecule has 0 spiro atoms. The van der Waals surface area contributed by atoms with Crippen molar-refractivity contribution in [1.82, 2.24) is 14.8 Å². The number of nitrogens with zero attached hydrogens (tertiary/aromatic N) is 3. The number of aryl methyl sites for hydroxylation is 1. The van der Waals surface area contributed by atoms with Crippen LogP contribution in [0.4, 0.5) is 0 Å². The van der Waals surface area contributed by atoms with Gasteiger partial charge in [0.2, 0.25) is 0 Å². The van der Waals surface area contributed by atoms with Crippen molar-refractivity contribution >= 4 is 5.97 Å². The molecule has 2 saturated carbocycles. The van der Waals surface area contributed by atoms with Gasteiger partial charge in [0.15, 0.2) is 0 Å². The van der Waals surface area contributed by atoms with Crippen LogP contribution in [-0.4, -0.2) is 26.8 Å². The van der Waals surface area contributed by atoms with Gasteiger partial charge in [-0.05, 0) is 30.6 Å². The molecule has 0 radical (unpaired) electrons. The maximum atomic E-state index is 12.0. The van der Waals surface area contributed by atoms with Crippen LogP contribution >= 0.6 is 0 Å². The summed E-state index contributed by atoms with van der Waals surface area (Å²) in [6, 6.07) is 0. The average Bonchev–Trinajstić information content (AvgIpc) is 3.02. The number of carbonyl (C=O) groups excluding carboxylic acids is 1. The minimum Gasteiger partial charge on any atom is -0.462 e. The first kappa shape index (κ1) is 13.6. The summed E-state index contributed by atoms with van der Waals surface area (Å²) in [6.45, 7) is 7.48. The summed E-state index contributed by atoms with van der Waals surface area (Å²) in [4.78, 5) is 15.9. The summed E-state index contributed by atoms with van der Waals surface area (Å²) in [7, 11) is 0. The highest BCUT2D eigenvalue weighted by Gasteiger charge is 2.62. The molecule has 3 rings (SSSR count). The van der Waals surface area contributed by atoms with Crippen LogP contribution in [0.5, 0.6) is 0 Å². The van der Waals surface area contributed by atoms with Crippen molar-refractivity contribution in [3.8, 4) is 0 Å². The number of fused-ring (bicyclic) bond motifs is 2. The molecule has 2 bridgehead atoms. The molecule has 5 nitrogen and oxygen atoms in total. The van der Waals surface area contributed by atoms with E-state index in [0.29, 0.717) is 18.9 Å². The van der Waals surface area contributed by atoms with Crippen molar-refractivity contribution in [2.24, 2.45) is 16.7 Å². The summed E-state index contributed by atoms with van der Waals surface area (Å²) in [6.07, 6.45) is 7.02. The van der Waals surface area contributed by atoms with E-state index in [-0.39, 0.29) is 22.9 Å². The van der Waals surface area contributed by atoms with E-state index in [1.807, 2.05) is 0 Å². The lowest BCUT2D eigenvalue weighted by Gasteiger charge is -2.38. The number of ether oxygens (including phenoxy) is 1. The fraction of sp³-hybridized carbons (Fsp3) is 0.800. The SMILES string of the molecule is CC1(C)C2CCC1(C)C(OC(=O)CCn1cncn1)C2. The first-order valence-corrected chi connectivity index (χ1v) is 7.45. The third kappa shape index (κ3) is 1.95. The van der Waals surface area contributed by atoms with Gasteiger partial charge >= 0.3 is 5.97 Å². The lowest BCUT2D eigenvalue weighted by molar-refractivity contribution is -0.157. The molecular formula is C15H23N3O2. The van der Waals surface area contributed by atoms with E-state index in [1.165, 1.54) is 19.2 Å². The van der Waals surface area contributed by atoms with Gasteiger partial charge < -0.3 is 4.74 Å². The van der Waals surface area contributed by atoms with Gasteiger partial charge in [0.05, 0.1) is 13.0 Å². The Morgan fingerprint density at radius 3 is 2.80 bits per heavy atom. The Morgan fingerprint density at radius 1 is 1.45 bits per heavy atom. The van der Waals surface area contributed by atoms with Gasteiger partial charge in [-0.15, -0.1) is 0 Å². The zero-order valence-corrected chi connectivity index (χ0v) is 12.5. The summed E-state index contributed by atoms with van der Waals surface area (Å²) in [5.41, 5.74) is 0.421. The van der Waals surface area contributed by atoms with Gasteiger partial charge in [0.1, 0.15) is 18.8 Å². The number of carbonyl (C=O) groups is 1. The molecule has 0 aliphatic heterocycles. The predicted molar refractivity (Wildman–Crippen MR) is 73.7 cm³/mol. The van der Waals surface area contributed by atoms with E-state index < -0.39 is 0 Å².